The van der Waals surface area contributed by atoms with Gasteiger partial charge in [0, 0.05) is 16.3 Å². The minimum Gasteiger partial charge on any atom is -0.358 e. The Morgan fingerprint density at radius 2 is 1.22 bits per heavy atom. The van der Waals surface area contributed by atoms with Crippen LogP contribution in [0.2, 0.25) is 0 Å². The maximum atomic E-state index is 5.28. The summed E-state index contributed by atoms with van der Waals surface area (Å²) in [5.41, 5.74) is 6.81. The van der Waals surface area contributed by atoms with Crippen LogP contribution in [0.25, 0.3) is 43.4 Å². The van der Waals surface area contributed by atoms with Gasteiger partial charge < -0.3 is 9.88 Å². The summed E-state index contributed by atoms with van der Waals surface area (Å²) in [6.45, 7) is 0. The summed E-state index contributed by atoms with van der Waals surface area (Å²) in [6.07, 6.45) is 6.49. The molecule has 0 radical (unpaired) electrons. The van der Waals surface area contributed by atoms with E-state index in [4.69, 9.17) is 4.99 Å². The fourth-order valence-corrected chi connectivity index (χ4v) is 6.18. The van der Waals surface area contributed by atoms with E-state index in [0.29, 0.717) is 0 Å². The van der Waals surface area contributed by atoms with Crippen molar-refractivity contribution in [1.82, 2.24) is 9.88 Å². The lowest BCUT2D eigenvalue weighted by atomic mass is 10.00. The summed E-state index contributed by atoms with van der Waals surface area (Å²) in [6, 6.07) is 37.2. The summed E-state index contributed by atoms with van der Waals surface area (Å²) >= 11 is 0. The molecule has 1 aliphatic heterocycles. The van der Waals surface area contributed by atoms with Crippen LogP contribution in [0.4, 0.5) is 0 Å². The van der Waals surface area contributed by atoms with E-state index in [1.54, 1.807) is 0 Å². The third kappa shape index (κ3) is 3.04. The van der Waals surface area contributed by atoms with Crippen molar-refractivity contribution in [3.05, 3.63) is 132 Å². The second-order valence-electron chi connectivity index (χ2n) is 9.93. The number of nitrogens with one attached hydrogen (secondary N) is 1. The van der Waals surface area contributed by atoms with Gasteiger partial charge in [-0.3, -0.25) is 0 Å². The van der Waals surface area contributed by atoms with Crippen molar-refractivity contribution in [2.45, 2.75) is 19.0 Å². The average molecular weight is 476 g/mol. The van der Waals surface area contributed by atoms with Crippen LogP contribution < -0.4 is 5.32 Å². The van der Waals surface area contributed by atoms with Crippen LogP contribution >= 0.6 is 0 Å². The number of fused-ring (bicyclic) bond motifs is 8. The molecule has 1 N–H and O–H groups in total. The first-order chi connectivity index (χ1) is 18.4. The normalized spacial score (nSPS) is 17.4. The van der Waals surface area contributed by atoms with Gasteiger partial charge in [-0.1, -0.05) is 103 Å². The Morgan fingerprint density at radius 1 is 0.622 bits per heavy atom. The lowest BCUT2D eigenvalue weighted by molar-refractivity contribution is 0.578. The predicted molar refractivity (Wildman–Crippen MR) is 155 cm³/mol. The Balaban J connectivity index is 1.52. The highest BCUT2D eigenvalue weighted by Crippen LogP contribution is 2.42. The minimum absolute atomic E-state index is 0.133. The number of aliphatic imine (C=N–C) groups is 1. The van der Waals surface area contributed by atoms with Crippen LogP contribution in [0, 0.1) is 0 Å². The second kappa shape index (κ2) is 7.94. The number of nitrogens with zero attached hydrogens (tertiary/aromatic N) is 2. The summed E-state index contributed by atoms with van der Waals surface area (Å²) in [5, 5.41) is 11.6. The van der Waals surface area contributed by atoms with E-state index in [0.717, 1.165) is 35.5 Å². The van der Waals surface area contributed by atoms with Crippen molar-refractivity contribution < 1.29 is 0 Å². The molecule has 3 nitrogen and oxygen atoms in total. The van der Waals surface area contributed by atoms with Gasteiger partial charge in [-0.05, 0) is 46.5 Å². The van der Waals surface area contributed by atoms with Gasteiger partial charge in [0.2, 0.25) is 0 Å². The fourth-order valence-electron chi connectivity index (χ4n) is 6.18. The highest BCUT2D eigenvalue weighted by molar-refractivity contribution is 6.28. The van der Waals surface area contributed by atoms with Gasteiger partial charge in [0.25, 0.3) is 0 Å². The average Bonchev–Trinajstić information content (AvgIpc) is 3.32. The van der Waals surface area contributed by atoms with Crippen molar-refractivity contribution in [2.24, 2.45) is 4.99 Å². The molecule has 2 aliphatic rings. The molecule has 37 heavy (non-hydrogen) atoms. The molecule has 0 spiro atoms. The monoisotopic (exact) mass is 475 g/mol. The Hall–Kier alpha value is -4.63. The topological polar surface area (TPSA) is 29.3 Å². The molecule has 1 aliphatic carbocycles. The molecule has 8 rings (SSSR count). The highest BCUT2D eigenvalue weighted by atomic mass is 15.2. The molecule has 0 amide bonds. The lowest BCUT2D eigenvalue weighted by Gasteiger charge is -2.32. The van der Waals surface area contributed by atoms with Crippen LogP contribution in [0.15, 0.2) is 132 Å². The van der Waals surface area contributed by atoms with E-state index in [-0.39, 0.29) is 6.17 Å². The van der Waals surface area contributed by atoms with Gasteiger partial charge in [-0.15, -0.1) is 0 Å². The van der Waals surface area contributed by atoms with E-state index in [1.807, 2.05) is 0 Å². The fraction of sp³-hybridized carbons (Fsp3) is 0.0882. The smallest absolute Gasteiger partial charge is 0.148 e. The largest absolute Gasteiger partial charge is 0.358 e. The second-order valence-corrected chi connectivity index (χ2v) is 9.93. The van der Waals surface area contributed by atoms with Crippen LogP contribution in [-0.4, -0.2) is 10.3 Å². The van der Waals surface area contributed by atoms with Crippen LogP contribution in [-0.2, 0) is 0 Å². The van der Waals surface area contributed by atoms with Crippen LogP contribution in [0.1, 0.15) is 24.6 Å². The zero-order chi connectivity index (χ0) is 24.3. The third-order valence-electron chi connectivity index (χ3n) is 7.83. The van der Waals surface area contributed by atoms with Gasteiger partial charge >= 0.3 is 0 Å². The maximum absolute atomic E-state index is 5.28. The zero-order valence-corrected chi connectivity index (χ0v) is 20.4. The number of allylic oxidation sites excluding steroid dienone is 2. The predicted octanol–water partition coefficient (Wildman–Crippen LogP) is 8.25. The van der Waals surface area contributed by atoms with Crippen molar-refractivity contribution in [1.29, 1.82) is 0 Å². The molecule has 0 fully saturated rings. The van der Waals surface area contributed by atoms with Crippen molar-refractivity contribution in [3.63, 3.8) is 0 Å². The SMILES string of the molecule is C1=C2N=C(c3ccccc3)C(n3c4ccc5ccccc5c4c4c5ccccc5ccc43)NC2=CCC1. The minimum atomic E-state index is -0.133. The zero-order valence-electron chi connectivity index (χ0n) is 20.4. The Morgan fingerprint density at radius 3 is 1.89 bits per heavy atom. The van der Waals surface area contributed by atoms with Crippen molar-refractivity contribution in [2.75, 3.05) is 0 Å². The molecular weight excluding hydrogens is 450 g/mol. The molecule has 0 saturated carbocycles. The number of benzene rings is 5. The van der Waals surface area contributed by atoms with Gasteiger partial charge in [0.05, 0.1) is 28.1 Å². The van der Waals surface area contributed by atoms with Crippen LogP contribution in [0.3, 0.4) is 0 Å². The molecule has 2 heterocycles. The Kier molecular flexibility index (Phi) is 4.41. The molecule has 0 bridgehead atoms. The number of hydrogen-bond donors (Lipinski definition) is 1. The maximum Gasteiger partial charge on any atom is 0.148 e. The summed E-state index contributed by atoms with van der Waals surface area (Å²) in [4.78, 5) is 5.28. The van der Waals surface area contributed by atoms with Crippen molar-refractivity contribution >= 4 is 49.1 Å². The standard InChI is InChI=1S/C34H25N3/c1-2-12-24(13-3-1)33-34(36-28-17-9-8-16-27(28)35-33)37-29-20-18-22-10-4-6-14-25(22)31(29)32-26-15-7-5-11-23(26)19-21-30(32)37/h1-7,10-21,34,36H,8-9H2. The summed E-state index contributed by atoms with van der Waals surface area (Å²) < 4.78 is 2.47. The van der Waals surface area contributed by atoms with Gasteiger partial charge in [0.15, 0.2) is 0 Å². The lowest BCUT2D eigenvalue weighted by Crippen LogP contribution is -2.38. The van der Waals surface area contributed by atoms with Gasteiger partial charge in [0.1, 0.15) is 6.17 Å². The van der Waals surface area contributed by atoms with E-state index in [9.17, 15) is 0 Å². The molecule has 1 unspecified atom stereocenters. The Labute approximate surface area is 215 Å². The van der Waals surface area contributed by atoms with E-state index in [1.165, 1.54) is 43.4 Å². The summed E-state index contributed by atoms with van der Waals surface area (Å²) in [5.74, 6) is 0. The first-order valence-electron chi connectivity index (χ1n) is 13.0. The quantitative estimate of drug-likeness (QED) is 0.268. The molecule has 176 valence electrons. The number of aromatic nitrogens is 1. The molecule has 1 atom stereocenters. The van der Waals surface area contributed by atoms with Crippen LogP contribution in [0.5, 0.6) is 0 Å². The van der Waals surface area contributed by atoms with Gasteiger partial charge in [-0.25, -0.2) is 4.99 Å². The molecule has 3 heteroatoms. The first-order valence-corrected chi connectivity index (χ1v) is 13.0. The first kappa shape index (κ1) is 20.6. The molecule has 5 aromatic carbocycles. The number of hydrogen-bond acceptors (Lipinski definition) is 2. The molecular formula is C34H25N3. The molecule has 0 saturated heterocycles. The van der Waals surface area contributed by atoms with E-state index in [2.05, 4.69) is 125 Å². The Bertz CT molecular complexity index is 1860. The van der Waals surface area contributed by atoms with E-state index >= 15 is 0 Å². The van der Waals surface area contributed by atoms with E-state index < -0.39 is 0 Å². The van der Waals surface area contributed by atoms with Crippen molar-refractivity contribution in [3.8, 4) is 0 Å². The third-order valence-corrected chi connectivity index (χ3v) is 7.83. The summed E-state index contributed by atoms with van der Waals surface area (Å²) in [7, 11) is 0. The molecule has 1 aromatic heterocycles. The highest BCUT2D eigenvalue weighted by Gasteiger charge is 2.30. The number of rotatable bonds is 2. The van der Waals surface area contributed by atoms with Gasteiger partial charge in [-0.2, -0.15) is 0 Å². The molecule has 6 aromatic rings.